The molecule has 0 radical (unpaired) electrons. The number of benzene rings is 1. The fourth-order valence-electron chi connectivity index (χ4n) is 3.26. The minimum atomic E-state index is -4.51. The molecule has 9 heteroatoms. The highest BCUT2D eigenvalue weighted by molar-refractivity contribution is 6.07. The minimum absolute atomic E-state index is 0.0755. The average molecular weight is 437 g/mol. The first kappa shape index (κ1) is 21.2. The molecule has 2 N–H and O–H groups in total. The number of carbonyl (C=O) groups excluding carboxylic acids is 1. The Kier molecular flexibility index (Phi) is 5.98. The van der Waals surface area contributed by atoms with E-state index >= 15 is 0 Å². The third-order valence-corrected chi connectivity index (χ3v) is 4.75. The van der Waals surface area contributed by atoms with E-state index in [1.165, 1.54) is 12.3 Å². The highest BCUT2D eigenvalue weighted by Crippen LogP contribution is 2.33. The maximum absolute atomic E-state index is 13.1. The number of hydrogen-bond acceptors (Lipinski definition) is 5. The molecule has 0 aliphatic heterocycles. The molecule has 0 spiro atoms. The van der Waals surface area contributed by atoms with Crippen LogP contribution in [0.4, 0.5) is 19.0 Å². The van der Waals surface area contributed by atoms with Crippen LogP contribution in [0, 0.1) is 0 Å². The van der Waals surface area contributed by atoms with Crippen molar-refractivity contribution in [3.05, 3.63) is 84.3 Å². The van der Waals surface area contributed by atoms with Crippen molar-refractivity contribution in [1.82, 2.24) is 20.3 Å². The third kappa shape index (κ3) is 4.66. The van der Waals surface area contributed by atoms with Gasteiger partial charge in [-0.15, -0.1) is 0 Å². The third-order valence-electron chi connectivity index (χ3n) is 4.75. The van der Waals surface area contributed by atoms with Gasteiger partial charge in [0.2, 0.25) is 0 Å². The normalized spacial score (nSPS) is 11.3. The van der Waals surface area contributed by atoms with Crippen molar-refractivity contribution < 1.29 is 18.0 Å². The van der Waals surface area contributed by atoms with E-state index in [2.05, 4.69) is 25.6 Å². The Morgan fingerprint density at radius 1 is 0.938 bits per heavy atom. The van der Waals surface area contributed by atoms with E-state index in [4.69, 9.17) is 0 Å². The van der Waals surface area contributed by atoms with E-state index in [9.17, 15) is 18.0 Å². The van der Waals surface area contributed by atoms with Gasteiger partial charge in [-0.25, -0.2) is 9.97 Å². The van der Waals surface area contributed by atoms with Crippen LogP contribution in [0.3, 0.4) is 0 Å². The molecule has 1 amide bonds. The minimum Gasteiger partial charge on any atom is -0.368 e. The van der Waals surface area contributed by atoms with Gasteiger partial charge in [-0.1, -0.05) is 18.2 Å². The van der Waals surface area contributed by atoms with E-state index in [1.807, 2.05) is 18.2 Å². The lowest BCUT2D eigenvalue weighted by Gasteiger charge is -2.14. The summed E-state index contributed by atoms with van der Waals surface area (Å²) in [5.74, 6) is -0.624. The summed E-state index contributed by atoms with van der Waals surface area (Å²) in [4.78, 5) is 25.3. The lowest BCUT2D eigenvalue weighted by molar-refractivity contribution is -0.137. The second-order valence-electron chi connectivity index (χ2n) is 6.89. The molecule has 6 nitrogen and oxygen atoms in total. The first-order chi connectivity index (χ1) is 15.4. The molecule has 0 saturated carbocycles. The van der Waals surface area contributed by atoms with Gasteiger partial charge in [0.25, 0.3) is 5.91 Å². The van der Waals surface area contributed by atoms with Gasteiger partial charge in [0.15, 0.2) is 0 Å². The lowest BCUT2D eigenvalue weighted by atomic mass is 10.0. The zero-order chi connectivity index (χ0) is 22.6. The number of aromatic nitrogens is 3. The number of nitrogens with zero attached hydrogens (tertiary/aromatic N) is 3. The maximum Gasteiger partial charge on any atom is 0.419 e. The Labute approximate surface area is 181 Å². The van der Waals surface area contributed by atoms with Gasteiger partial charge in [-0.3, -0.25) is 9.78 Å². The number of halogens is 3. The summed E-state index contributed by atoms with van der Waals surface area (Å²) in [5.41, 5.74) is 1.67. The van der Waals surface area contributed by atoms with Crippen LogP contribution in [0.1, 0.15) is 15.9 Å². The first-order valence-corrected chi connectivity index (χ1v) is 9.78. The van der Waals surface area contributed by atoms with Crippen molar-refractivity contribution in [3.63, 3.8) is 0 Å². The topological polar surface area (TPSA) is 79.8 Å². The van der Waals surface area contributed by atoms with Crippen LogP contribution in [-0.4, -0.2) is 33.9 Å². The van der Waals surface area contributed by atoms with Gasteiger partial charge in [-0.05, 0) is 36.4 Å². The Morgan fingerprint density at radius 3 is 2.50 bits per heavy atom. The highest BCUT2D eigenvalue weighted by atomic mass is 19.4. The Morgan fingerprint density at radius 2 is 1.72 bits per heavy atom. The monoisotopic (exact) mass is 437 g/mol. The second kappa shape index (κ2) is 9.01. The maximum atomic E-state index is 13.1. The summed E-state index contributed by atoms with van der Waals surface area (Å²) in [6.45, 7) is 0.181. The van der Waals surface area contributed by atoms with Crippen molar-refractivity contribution in [1.29, 1.82) is 0 Å². The molecule has 32 heavy (non-hydrogen) atoms. The van der Waals surface area contributed by atoms with Crippen molar-refractivity contribution in [2.45, 2.75) is 6.18 Å². The van der Waals surface area contributed by atoms with Gasteiger partial charge in [0.1, 0.15) is 5.82 Å². The number of para-hydroxylation sites is 1. The highest BCUT2D eigenvalue weighted by Gasteiger charge is 2.33. The molecule has 4 rings (SSSR count). The molecule has 0 unspecified atom stereocenters. The summed E-state index contributed by atoms with van der Waals surface area (Å²) in [6, 6.07) is 14.7. The number of rotatable bonds is 6. The van der Waals surface area contributed by atoms with Gasteiger partial charge in [0.05, 0.1) is 22.3 Å². The molecule has 3 heterocycles. The van der Waals surface area contributed by atoms with Crippen LogP contribution >= 0.6 is 0 Å². The van der Waals surface area contributed by atoms with E-state index in [1.54, 1.807) is 36.7 Å². The predicted molar refractivity (Wildman–Crippen MR) is 115 cm³/mol. The quantitative estimate of drug-likeness (QED) is 0.433. The molecule has 1 aromatic carbocycles. The number of anilines is 1. The largest absolute Gasteiger partial charge is 0.419 e. The van der Waals surface area contributed by atoms with E-state index < -0.39 is 11.7 Å². The zero-order valence-corrected chi connectivity index (χ0v) is 16.7. The van der Waals surface area contributed by atoms with Gasteiger partial charge in [0, 0.05) is 42.6 Å². The van der Waals surface area contributed by atoms with Crippen LogP contribution in [-0.2, 0) is 6.18 Å². The van der Waals surface area contributed by atoms with Crippen molar-refractivity contribution >= 4 is 22.6 Å². The zero-order valence-electron chi connectivity index (χ0n) is 16.7. The number of alkyl halides is 3. The Bertz CT molecular complexity index is 1250. The smallest absolute Gasteiger partial charge is 0.368 e. The van der Waals surface area contributed by atoms with Gasteiger partial charge in [-0.2, -0.15) is 13.2 Å². The second-order valence-corrected chi connectivity index (χ2v) is 6.89. The summed E-state index contributed by atoms with van der Waals surface area (Å²) in [6.07, 6.45) is 0.0495. The van der Waals surface area contributed by atoms with E-state index in [-0.39, 0.29) is 24.8 Å². The fraction of sp³-hybridized carbons (Fsp3) is 0.130. The molecule has 0 aliphatic rings. The standard InChI is InChI=1S/C23H18F3N5O/c24-23(25,26)18-5-3-9-28-21(18)29-12-13-30-22(32)17-14-20(15-7-10-27-11-8-15)31-19-6-2-1-4-16(17)19/h1-11,14H,12-13H2,(H,28,29)(H,30,32). The fourth-order valence-corrected chi connectivity index (χ4v) is 3.26. The van der Waals surface area contributed by atoms with Crippen LogP contribution in [0.5, 0.6) is 0 Å². The number of carbonyl (C=O) groups is 1. The van der Waals surface area contributed by atoms with Crippen LogP contribution in [0.15, 0.2) is 73.2 Å². The number of pyridine rings is 3. The number of nitrogens with one attached hydrogen (secondary N) is 2. The molecular formula is C23H18F3N5O. The summed E-state index contributed by atoms with van der Waals surface area (Å²) >= 11 is 0. The molecule has 0 fully saturated rings. The summed E-state index contributed by atoms with van der Waals surface area (Å²) in [7, 11) is 0. The Balaban J connectivity index is 1.50. The van der Waals surface area contributed by atoms with E-state index in [0.717, 1.165) is 11.6 Å². The number of amides is 1. The van der Waals surface area contributed by atoms with Crippen molar-refractivity contribution in [3.8, 4) is 11.3 Å². The van der Waals surface area contributed by atoms with Crippen LogP contribution in [0.25, 0.3) is 22.2 Å². The van der Waals surface area contributed by atoms with Crippen LogP contribution in [0.2, 0.25) is 0 Å². The first-order valence-electron chi connectivity index (χ1n) is 9.78. The van der Waals surface area contributed by atoms with Gasteiger partial charge < -0.3 is 10.6 Å². The molecule has 0 atom stereocenters. The molecule has 3 aromatic heterocycles. The van der Waals surface area contributed by atoms with Gasteiger partial charge >= 0.3 is 6.18 Å². The number of hydrogen-bond donors (Lipinski definition) is 2. The average Bonchev–Trinajstić information content (AvgIpc) is 2.81. The number of fused-ring (bicyclic) bond motifs is 1. The lowest BCUT2D eigenvalue weighted by Crippen LogP contribution is -2.29. The predicted octanol–water partition coefficient (Wildman–Crippen LogP) is 4.55. The molecule has 4 aromatic rings. The summed E-state index contributed by atoms with van der Waals surface area (Å²) in [5, 5.41) is 6.06. The molecule has 0 bridgehead atoms. The molecule has 0 saturated heterocycles. The van der Waals surface area contributed by atoms with E-state index in [0.29, 0.717) is 22.2 Å². The molecular weight excluding hydrogens is 419 g/mol. The summed E-state index contributed by atoms with van der Waals surface area (Å²) < 4.78 is 39.2. The van der Waals surface area contributed by atoms with Crippen molar-refractivity contribution in [2.75, 3.05) is 18.4 Å². The SMILES string of the molecule is O=C(NCCNc1ncccc1C(F)(F)F)c1cc(-c2ccncc2)nc2ccccc12. The van der Waals surface area contributed by atoms with Crippen molar-refractivity contribution in [2.24, 2.45) is 0 Å². The Hall–Kier alpha value is -4.01. The van der Waals surface area contributed by atoms with Crippen LogP contribution < -0.4 is 10.6 Å². The molecule has 0 aliphatic carbocycles. The molecule has 162 valence electrons.